The Labute approximate surface area is 326 Å². The van der Waals surface area contributed by atoms with E-state index in [0.717, 1.165) is 61.8 Å². The van der Waals surface area contributed by atoms with E-state index in [9.17, 15) is 14.9 Å². The van der Waals surface area contributed by atoms with Crippen molar-refractivity contribution in [3.05, 3.63) is 81.4 Å². The van der Waals surface area contributed by atoms with Crippen LogP contribution in [0.25, 0.3) is 11.1 Å². The van der Waals surface area contributed by atoms with Crippen LogP contribution in [0.5, 0.6) is 0 Å². The summed E-state index contributed by atoms with van der Waals surface area (Å²) in [6.07, 6.45) is 9.78. The fourth-order valence-electron chi connectivity index (χ4n) is 9.41. The summed E-state index contributed by atoms with van der Waals surface area (Å²) < 4.78 is 3.75. The number of anilines is 2. The summed E-state index contributed by atoms with van der Waals surface area (Å²) in [4.78, 5) is 49.7. The minimum Gasteiger partial charge on any atom is -0.483 e. The van der Waals surface area contributed by atoms with E-state index >= 15 is 0 Å². The van der Waals surface area contributed by atoms with E-state index in [0.29, 0.717) is 51.5 Å². The van der Waals surface area contributed by atoms with E-state index in [1.165, 1.54) is 38.5 Å². The molecular weight excluding hydrogens is 718 g/mol. The van der Waals surface area contributed by atoms with E-state index in [4.69, 9.17) is 26.5 Å². The van der Waals surface area contributed by atoms with Gasteiger partial charge < -0.3 is 29.8 Å². The van der Waals surface area contributed by atoms with Crippen molar-refractivity contribution in [3.63, 3.8) is 0 Å². The molecule has 2 aromatic carbocycles. The molecule has 2 aliphatic carbocycles. The first kappa shape index (κ1) is 38.3. The predicted octanol–water partition coefficient (Wildman–Crippen LogP) is 6.26. The van der Waals surface area contributed by atoms with Gasteiger partial charge >= 0.3 is 0 Å². The van der Waals surface area contributed by atoms with E-state index in [2.05, 4.69) is 38.4 Å². The molecule has 0 radical (unpaired) electrons. The number of halogens is 1. The Kier molecular flexibility index (Phi) is 10.6. The number of carboxylic acid groups (broad SMARTS) is 1. The quantitative estimate of drug-likeness (QED) is 0.176. The summed E-state index contributed by atoms with van der Waals surface area (Å²) >= 11 is 6.97. The van der Waals surface area contributed by atoms with Crippen LogP contribution < -0.4 is 10.6 Å². The highest BCUT2D eigenvalue weighted by Gasteiger charge is 2.51. The van der Waals surface area contributed by atoms with Crippen molar-refractivity contribution >= 4 is 41.3 Å². The number of aromatic nitrogens is 4. The van der Waals surface area contributed by atoms with Crippen LogP contribution in [0, 0.1) is 22.2 Å². The molecular formula is C41H48ClN9O4. The molecule has 13 nitrogen and oxygen atoms in total. The molecule has 4 aliphatic rings. The van der Waals surface area contributed by atoms with Crippen LogP contribution in [0.4, 0.5) is 11.4 Å². The van der Waals surface area contributed by atoms with Crippen molar-refractivity contribution < 1.29 is 19.5 Å². The summed E-state index contributed by atoms with van der Waals surface area (Å²) in [5.41, 5.74) is 7.22. The van der Waals surface area contributed by atoms with Crippen LogP contribution in [-0.4, -0.2) is 79.0 Å². The van der Waals surface area contributed by atoms with Crippen molar-refractivity contribution in [1.29, 1.82) is 5.26 Å². The molecule has 288 valence electrons. The molecule has 0 atom stereocenters. The zero-order valence-electron chi connectivity index (χ0n) is 31.9. The van der Waals surface area contributed by atoms with Crippen LogP contribution in [0.2, 0.25) is 5.02 Å². The Balaban J connectivity index is 0.00000150. The number of carbonyl (C=O) groups is 3. The lowest BCUT2D eigenvalue weighted by molar-refractivity contribution is -0.122. The van der Waals surface area contributed by atoms with Crippen molar-refractivity contribution in [2.24, 2.45) is 24.9 Å². The van der Waals surface area contributed by atoms with E-state index < -0.39 is 5.91 Å². The number of imidazole rings is 2. The van der Waals surface area contributed by atoms with Crippen LogP contribution in [0.1, 0.15) is 95.0 Å². The van der Waals surface area contributed by atoms with Gasteiger partial charge in [0.2, 0.25) is 0 Å². The summed E-state index contributed by atoms with van der Waals surface area (Å²) in [5, 5.41) is 23.4. The zero-order chi connectivity index (χ0) is 39.1. The Morgan fingerprint density at radius 1 is 0.891 bits per heavy atom. The molecule has 2 bridgehead atoms. The number of nitrogens with one attached hydrogen (secondary N) is 2. The molecule has 14 heteroatoms. The zero-order valence-corrected chi connectivity index (χ0v) is 32.7. The lowest BCUT2D eigenvalue weighted by Crippen LogP contribution is -2.34. The van der Waals surface area contributed by atoms with Gasteiger partial charge in [-0.15, -0.1) is 0 Å². The third kappa shape index (κ3) is 7.38. The number of hydrogen-bond donors (Lipinski definition) is 3. The number of carbonyl (C=O) groups excluding carboxylic acids is 2. The number of benzene rings is 2. The van der Waals surface area contributed by atoms with Crippen molar-refractivity contribution in [3.8, 4) is 17.2 Å². The molecule has 4 heterocycles. The number of amides is 2. The molecule has 2 aromatic heterocycles. The monoisotopic (exact) mass is 765 g/mol. The summed E-state index contributed by atoms with van der Waals surface area (Å²) in [6.45, 7) is 6.60. The second-order valence-electron chi connectivity index (χ2n) is 16.0. The van der Waals surface area contributed by atoms with E-state index in [-0.39, 0.29) is 23.0 Å². The highest BCUT2D eigenvalue weighted by molar-refractivity contribution is 6.36. The lowest BCUT2D eigenvalue weighted by atomic mass is 9.80. The van der Waals surface area contributed by atoms with Gasteiger partial charge in [0.25, 0.3) is 18.3 Å². The minimum atomic E-state index is -0.393. The third-order valence-corrected chi connectivity index (χ3v) is 12.8. The van der Waals surface area contributed by atoms with Gasteiger partial charge in [-0.25, -0.2) is 9.97 Å². The van der Waals surface area contributed by atoms with Gasteiger partial charge in [0, 0.05) is 75.6 Å². The molecule has 0 unspecified atom stereocenters. The summed E-state index contributed by atoms with van der Waals surface area (Å²) in [7, 11) is 5.79. The lowest BCUT2D eigenvalue weighted by Gasteiger charge is -2.32. The van der Waals surface area contributed by atoms with Crippen LogP contribution in [0.15, 0.2) is 36.4 Å². The normalized spacial score (nSPS) is 21.5. The Hall–Kier alpha value is -5.03. The SMILES string of the molecule is CN1CCc2c(nc(C(=O)Nc3cccc(-c4cccc(NC(=O)c5nc6c(n5C)CCN(CCC57CCC(C)(CC5)C7)C6)c4Cl)c3C#N)n2C)C1.O=CO. The van der Waals surface area contributed by atoms with Gasteiger partial charge in [-0.3, -0.25) is 19.3 Å². The molecule has 2 saturated carbocycles. The highest BCUT2D eigenvalue weighted by Crippen LogP contribution is 2.62. The van der Waals surface area contributed by atoms with Gasteiger partial charge in [0.15, 0.2) is 11.6 Å². The standard InChI is InChI=1S/C40H46ClN9O2.CH2O2/c1-39-13-15-40(24-39,16-14-39)17-20-50-19-12-33-31(23-50)44-36(49(33)4)38(52)46-29-10-6-8-26(34(29)41)25-7-5-9-28(27(25)21-42)45-37(51)35-43-30-22-47(2)18-11-32(30)48(35)3;2-1-3/h5-10H,11-20,22-24H2,1-4H3,(H,45,51)(H,46,52);1H,(H,2,3). The van der Waals surface area contributed by atoms with E-state index in [1.807, 2.05) is 30.3 Å². The molecule has 2 amide bonds. The van der Waals surface area contributed by atoms with Gasteiger partial charge in [-0.1, -0.05) is 42.8 Å². The molecule has 8 rings (SSSR count). The predicted molar refractivity (Wildman–Crippen MR) is 210 cm³/mol. The average Bonchev–Trinajstić information content (AvgIpc) is 3.89. The smallest absolute Gasteiger partial charge is 0.291 e. The first-order valence-corrected chi connectivity index (χ1v) is 19.3. The van der Waals surface area contributed by atoms with Crippen LogP contribution >= 0.6 is 11.6 Å². The maximum absolute atomic E-state index is 13.7. The summed E-state index contributed by atoms with van der Waals surface area (Å²) in [5.74, 6) is -0.0930. The number of nitrogens with zero attached hydrogens (tertiary/aromatic N) is 7. The average molecular weight is 766 g/mol. The van der Waals surface area contributed by atoms with Crippen molar-refractivity contribution in [2.45, 2.75) is 71.4 Å². The number of rotatable bonds is 8. The Bertz CT molecular complexity index is 2190. The largest absolute Gasteiger partial charge is 0.483 e. The Morgan fingerprint density at radius 3 is 2.05 bits per heavy atom. The maximum atomic E-state index is 13.7. The first-order chi connectivity index (χ1) is 26.4. The summed E-state index contributed by atoms with van der Waals surface area (Å²) in [6, 6.07) is 12.8. The minimum absolute atomic E-state index is 0.250. The molecule has 2 fully saturated rings. The van der Waals surface area contributed by atoms with Gasteiger partial charge in [0.05, 0.1) is 33.3 Å². The van der Waals surface area contributed by atoms with Crippen LogP contribution in [-0.2, 0) is 44.8 Å². The second kappa shape index (κ2) is 15.2. The fraction of sp³-hybridized carbons (Fsp3) is 0.463. The third-order valence-electron chi connectivity index (χ3n) is 12.4. The molecule has 3 N–H and O–H groups in total. The maximum Gasteiger partial charge on any atom is 0.291 e. The molecule has 0 saturated heterocycles. The number of fused-ring (bicyclic) bond motifs is 4. The molecule has 4 aromatic rings. The van der Waals surface area contributed by atoms with Crippen LogP contribution in [0.3, 0.4) is 0 Å². The molecule has 55 heavy (non-hydrogen) atoms. The van der Waals surface area contributed by atoms with Gasteiger partial charge in [-0.05, 0) is 75.1 Å². The Morgan fingerprint density at radius 2 is 1.45 bits per heavy atom. The number of nitriles is 1. The molecule has 2 aliphatic heterocycles. The van der Waals surface area contributed by atoms with Gasteiger partial charge in [0.1, 0.15) is 6.07 Å². The fourth-order valence-corrected chi connectivity index (χ4v) is 9.68. The van der Waals surface area contributed by atoms with Crippen molar-refractivity contribution in [2.75, 3.05) is 37.3 Å². The topological polar surface area (TPSA) is 161 Å². The van der Waals surface area contributed by atoms with Gasteiger partial charge in [-0.2, -0.15) is 5.26 Å². The molecule has 0 spiro atoms. The first-order valence-electron chi connectivity index (χ1n) is 18.9. The van der Waals surface area contributed by atoms with Crippen molar-refractivity contribution in [1.82, 2.24) is 28.9 Å². The highest BCUT2D eigenvalue weighted by atomic mass is 35.5. The second-order valence-corrected chi connectivity index (χ2v) is 16.4. The number of likely N-dealkylation sites (N-methyl/N-ethyl adjacent to an activating group) is 1. The number of hydrogen-bond acceptors (Lipinski definition) is 8. The van der Waals surface area contributed by atoms with E-state index in [1.54, 1.807) is 36.4 Å².